The highest BCUT2D eigenvalue weighted by Crippen LogP contribution is 2.38. The van der Waals surface area contributed by atoms with Crippen LogP contribution in [-0.2, 0) is 0 Å². The Hall–Kier alpha value is -1.49. The maximum Gasteiger partial charge on any atom is 0.145 e. The zero-order valence-corrected chi connectivity index (χ0v) is 10.6. The Balaban J connectivity index is 2.70. The molecular weight excluding hydrogens is 270 g/mol. The van der Waals surface area contributed by atoms with E-state index in [-0.39, 0.29) is 5.75 Å². The molecule has 16 heavy (non-hydrogen) atoms. The lowest BCUT2D eigenvalue weighted by molar-refractivity contribution is 0.472. The van der Waals surface area contributed by atoms with Crippen molar-refractivity contribution in [2.75, 3.05) is 5.73 Å². The lowest BCUT2D eigenvalue weighted by Gasteiger charge is -2.10. The lowest BCUT2D eigenvalue weighted by Crippen LogP contribution is -1.89. The summed E-state index contributed by atoms with van der Waals surface area (Å²) in [6.45, 7) is 3.78. The first-order valence-electron chi connectivity index (χ1n) is 4.80. The van der Waals surface area contributed by atoms with Crippen LogP contribution in [0.4, 0.5) is 5.82 Å². The first kappa shape index (κ1) is 11.0. The SMILES string of the molecule is Cc1cc(Br)c(C)c(O)c1-c1cc(N)n[nH]1. The predicted molar refractivity (Wildman–Crippen MR) is 67.3 cm³/mol. The molecule has 0 fully saturated rings. The summed E-state index contributed by atoms with van der Waals surface area (Å²) in [7, 11) is 0. The number of nitrogen functional groups attached to an aromatic ring is 1. The van der Waals surface area contributed by atoms with Gasteiger partial charge in [0, 0.05) is 21.7 Å². The molecule has 0 radical (unpaired) electrons. The van der Waals surface area contributed by atoms with E-state index in [2.05, 4.69) is 26.1 Å². The summed E-state index contributed by atoms with van der Waals surface area (Å²) in [6.07, 6.45) is 0. The molecule has 0 aliphatic carbocycles. The van der Waals surface area contributed by atoms with Crippen molar-refractivity contribution in [3.8, 4) is 17.0 Å². The summed E-state index contributed by atoms with van der Waals surface area (Å²) in [5.41, 5.74) is 8.77. The minimum atomic E-state index is 0.246. The molecule has 5 heteroatoms. The average molecular weight is 282 g/mol. The maximum atomic E-state index is 10.1. The molecule has 0 bridgehead atoms. The van der Waals surface area contributed by atoms with Crippen molar-refractivity contribution in [1.29, 1.82) is 0 Å². The molecule has 0 aliphatic rings. The molecule has 0 aliphatic heterocycles. The standard InChI is InChI=1S/C11H12BrN3O/c1-5-3-7(12)6(2)11(16)10(5)8-4-9(13)15-14-8/h3-4,16H,1-2H3,(H3,13,14,15). The quantitative estimate of drug-likeness (QED) is 0.752. The molecule has 1 heterocycles. The van der Waals surface area contributed by atoms with Crippen LogP contribution in [0.5, 0.6) is 5.75 Å². The number of halogens is 1. The van der Waals surface area contributed by atoms with E-state index in [0.29, 0.717) is 5.82 Å². The van der Waals surface area contributed by atoms with Gasteiger partial charge in [-0.2, -0.15) is 5.10 Å². The number of rotatable bonds is 1. The van der Waals surface area contributed by atoms with Crippen LogP contribution in [0.3, 0.4) is 0 Å². The summed E-state index contributed by atoms with van der Waals surface area (Å²) in [6, 6.07) is 3.66. The van der Waals surface area contributed by atoms with Crippen molar-refractivity contribution >= 4 is 21.7 Å². The second-order valence-corrected chi connectivity index (χ2v) is 4.58. The summed E-state index contributed by atoms with van der Waals surface area (Å²) in [4.78, 5) is 0. The van der Waals surface area contributed by atoms with Crippen molar-refractivity contribution in [3.63, 3.8) is 0 Å². The Kier molecular flexibility index (Phi) is 2.63. The predicted octanol–water partition coefficient (Wildman–Crippen LogP) is 2.74. The molecule has 4 N–H and O–H groups in total. The third kappa shape index (κ3) is 1.67. The zero-order valence-electron chi connectivity index (χ0n) is 9.00. The van der Waals surface area contributed by atoms with Gasteiger partial charge in [0.2, 0.25) is 0 Å². The fourth-order valence-electron chi connectivity index (χ4n) is 1.66. The van der Waals surface area contributed by atoms with Crippen molar-refractivity contribution < 1.29 is 5.11 Å². The zero-order chi connectivity index (χ0) is 11.9. The Morgan fingerprint density at radius 3 is 2.62 bits per heavy atom. The minimum Gasteiger partial charge on any atom is -0.507 e. The number of hydrogen-bond acceptors (Lipinski definition) is 3. The Labute approximate surface area is 102 Å². The largest absolute Gasteiger partial charge is 0.507 e. The lowest BCUT2D eigenvalue weighted by atomic mass is 10.0. The second kappa shape index (κ2) is 3.83. The van der Waals surface area contributed by atoms with Gasteiger partial charge in [-0.25, -0.2) is 0 Å². The number of aromatic hydroxyl groups is 1. The van der Waals surface area contributed by atoms with Gasteiger partial charge in [-0.3, -0.25) is 5.10 Å². The fraction of sp³-hybridized carbons (Fsp3) is 0.182. The number of nitrogens with one attached hydrogen (secondary N) is 1. The number of aryl methyl sites for hydroxylation is 1. The summed E-state index contributed by atoms with van der Waals surface area (Å²) >= 11 is 3.40. The molecule has 1 aromatic carbocycles. The molecule has 84 valence electrons. The first-order chi connectivity index (χ1) is 7.50. The van der Waals surface area contributed by atoms with E-state index in [0.717, 1.165) is 26.9 Å². The molecule has 1 aromatic heterocycles. The van der Waals surface area contributed by atoms with E-state index in [1.54, 1.807) is 6.07 Å². The number of aromatic amines is 1. The number of nitrogens with two attached hydrogens (primary N) is 1. The molecule has 0 saturated heterocycles. The highest BCUT2D eigenvalue weighted by molar-refractivity contribution is 9.10. The minimum absolute atomic E-state index is 0.246. The van der Waals surface area contributed by atoms with Gasteiger partial charge in [0.05, 0.1) is 5.69 Å². The van der Waals surface area contributed by atoms with Gasteiger partial charge in [-0.15, -0.1) is 0 Å². The number of nitrogens with zero attached hydrogens (tertiary/aromatic N) is 1. The molecule has 2 aromatic rings. The molecule has 4 nitrogen and oxygen atoms in total. The van der Waals surface area contributed by atoms with Crippen LogP contribution in [0, 0.1) is 13.8 Å². The fourth-order valence-corrected chi connectivity index (χ4v) is 2.19. The van der Waals surface area contributed by atoms with Crippen molar-refractivity contribution in [2.45, 2.75) is 13.8 Å². The number of aromatic nitrogens is 2. The maximum absolute atomic E-state index is 10.1. The number of phenolic OH excluding ortho intramolecular Hbond substituents is 1. The topological polar surface area (TPSA) is 74.9 Å². The molecule has 0 amide bonds. The van der Waals surface area contributed by atoms with E-state index >= 15 is 0 Å². The van der Waals surface area contributed by atoms with E-state index in [1.807, 2.05) is 19.9 Å². The van der Waals surface area contributed by atoms with E-state index in [4.69, 9.17) is 5.73 Å². The van der Waals surface area contributed by atoms with Crippen LogP contribution in [0.2, 0.25) is 0 Å². The van der Waals surface area contributed by atoms with Crippen LogP contribution in [0.25, 0.3) is 11.3 Å². The van der Waals surface area contributed by atoms with Gasteiger partial charge in [0.25, 0.3) is 0 Å². The number of phenols is 1. The van der Waals surface area contributed by atoms with Gasteiger partial charge >= 0.3 is 0 Å². The third-order valence-corrected chi connectivity index (χ3v) is 3.38. The number of benzene rings is 1. The van der Waals surface area contributed by atoms with Gasteiger partial charge in [-0.1, -0.05) is 15.9 Å². The van der Waals surface area contributed by atoms with Crippen LogP contribution < -0.4 is 5.73 Å². The second-order valence-electron chi connectivity index (χ2n) is 3.73. The molecule has 0 unspecified atom stereocenters. The van der Waals surface area contributed by atoms with Crippen LogP contribution >= 0.6 is 15.9 Å². The van der Waals surface area contributed by atoms with E-state index in [1.165, 1.54) is 0 Å². The van der Waals surface area contributed by atoms with Crippen molar-refractivity contribution in [2.24, 2.45) is 0 Å². The smallest absolute Gasteiger partial charge is 0.145 e. The molecule has 2 rings (SSSR count). The summed E-state index contributed by atoms with van der Waals surface area (Å²) in [5.74, 6) is 0.657. The normalized spacial score (nSPS) is 10.7. The average Bonchev–Trinajstić information content (AvgIpc) is 2.61. The summed E-state index contributed by atoms with van der Waals surface area (Å²) < 4.78 is 0.888. The van der Waals surface area contributed by atoms with Gasteiger partial charge in [0.1, 0.15) is 11.6 Å². The number of H-pyrrole nitrogens is 1. The van der Waals surface area contributed by atoms with Crippen LogP contribution in [0.1, 0.15) is 11.1 Å². The van der Waals surface area contributed by atoms with E-state index < -0.39 is 0 Å². The first-order valence-corrected chi connectivity index (χ1v) is 5.60. The van der Waals surface area contributed by atoms with Crippen molar-refractivity contribution in [3.05, 3.63) is 27.7 Å². The Bertz CT molecular complexity index is 548. The monoisotopic (exact) mass is 281 g/mol. The molecule has 0 saturated carbocycles. The van der Waals surface area contributed by atoms with Gasteiger partial charge in [-0.05, 0) is 25.5 Å². The molecular formula is C11H12BrN3O. The van der Waals surface area contributed by atoms with Crippen LogP contribution in [-0.4, -0.2) is 15.3 Å². The third-order valence-electron chi connectivity index (χ3n) is 2.55. The molecule has 0 atom stereocenters. The summed E-state index contributed by atoms with van der Waals surface area (Å²) in [5, 5.41) is 16.8. The Morgan fingerprint density at radius 2 is 2.06 bits per heavy atom. The molecule has 0 spiro atoms. The number of anilines is 1. The van der Waals surface area contributed by atoms with Gasteiger partial charge < -0.3 is 10.8 Å². The Morgan fingerprint density at radius 1 is 1.38 bits per heavy atom. The van der Waals surface area contributed by atoms with Gasteiger partial charge in [0.15, 0.2) is 0 Å². The van der Waals surface area contributed by atoms with Crippen LogP contribution in [0.15, 0.2) is 16.6 Å². The number of hydrogen-bond donors (Lipinski definition) is 3. The van der Waals surface area contributed by atoms with Crippen molar-refractivity contribution in [1.82, 2.24) is 10.2 Å². The highest BCUT2D eigenvalue weighted by atomic mass is 79.9. The van der Waals surface area contributed by atoms with E-state index in [9.17, 15) is 5.11 Å². The highest BCUT2D eigenvalue weighted by Gasteiger charge is 2.14.